The number of Topliss-reactive ketones (excluding diaryl/α,β-unsaturated/α-hetero) is 1. The average Bonchev–Trinajstić information content (AvgIpc) is 2.55. The van der Waals surface area contributed by atoms with E-state index in [0.29, 0.717) is 18.7 Å². The standard InChI is InChI=1S/C12H16N2O3S/c13-10-4-6-12(7-5-10)18(16,17)14-8-2-1-3-11(15)9-14/h4-7H,1-3,8-9,13H2. The van der Waals surface area contributed by atoms with Crippen molar-refractivity contribution in [3.63, 3.8) is 0 Å². The van der Waals surface area contributed by atoms with E-state index < -0.39 is 10.0 Å². The number of nitrogens with two attached hydrogens (primary N) is 1. The van der Waals surface area contributed by atoms with Gasteiger partial charge in [-0.05, 0) is 37.1 Å². The zero-order valence-corrected chi connectivity index (χ0v) is 10.8. The fraction of sp³-hybridized carbons (Fsp3) is 0.417. The molecule has 0 aliphatic carbocycles. The summed E-state index contributed by atoms with van der Waals surface area (Å²) in [5.74, 6) is -0.0217. The maximum Gasteiger partial charge on any atom is 0.243 e. The van der Waals surface area contributed by atoms with E-state index in [9.17, 15) is 13.2 Å². The molecule has 18 heavy (non-hydrogen) atoms. The molecule has 1 aliphatic rings. The van der Waals surface area contributed by atoms with Gasteiger partial charge in [0.1, 0.15) is 5.78 Å². The molecule has 5 nitrogen and oxygen atoms in total. The van der Waals surface area contributed by atoms with E-state index in [4.69, 9.17) is 5.73 Å². The lowest BCUT2D eigenvalue weighted by atomic mass is 10.2. The molecule has 1 saturated heterocycles. The van der Waals surface area contributed by atoms with Crippen LogP contribution < -0.4 is 5.73 Å². The minimum atomic E-state index is -3.58. The van der Waals surface area contributed by atoms with Crippen LogP contribution in [-0.4, -0.2) is 31.6 Å². The number of nitrogens with zero attached hydrogens (tertiary/aromatic N) is 1. The molecule has 6 heteroatoms. The SMILES string of the molecule is Nc1ccc(S(=O)(=O)N2CCCCC(=O)C2)cc1. The van der Waals surface area contributed by atoms with Crippen LogP contribution >= 0.6 is 0 Å². The summed E-state index contributed by atoms with van der Waals surface area (Å²) < 4.78 is 25.9. The topological polar surface area (TPSA) is 80.5 Å². The van der Waals surface area contributed by atoms with Crippen molar-refractivity contribution >= 4 is 21.5 Å². The minimum Gasteiger partial charge on any atom is -0.399 e. The van der Waals surface area contributed by atoms with Gasteiger partial charge in [0.25, 0.3) is 0 Å². The fourth-order valence-electron chi connectivity index (χ4n) is 1.96. The molecule has 1 aliphatic heterocycles. The summed E-state index contributed by atoms with van der Waals surface area (Å²) in [6.45, 7) is 0.380. The Morgan fingerprint density at radius 1 is 1.11 bits per heavy atom. The van der Waals surface area contributed by atoms with Crippen LogP contribution in [0.15, 0.2) is 29.2 Å². The molecule has 2 N–H and O–H groups in total. The van der Waals surface area contributed by atoms with E-state index in [1.165, 1.54) is 16.4 Å². The maximum atomic E-state index is 12.3. The van der Waals surface area contributed by atoms with Gasteiger partial charge >= 0.3 is 0 Å². The molecule has 0 saturated carbocycles. The molecular weight excluding hydrogens is 252 g/mol. The average molecular weight is 268 g/mol. The lowest BCUT2D eigenvalue weighted by molar-refractivity contribution is -0.118. The summed E-state index contributed by atoms with van der Waals surface area (Å²) in [5.41, 5.74) is 6.05. The van der Waals surface area contributed by atoms with Crippen molar-refractivity contribution in [3.8, 4) is 0 Å². The highest BCUT2D eigenvalue weighted by Gasteiger charge is 2.27. The number of hydrogen-bond acceptors (Lipinski definition) is 4. The summed E-state index contributed by atoms with van der Waals surface area (Å²) in [6.07, 6.45) is 1.94. The third-order valence-electron chi connectivity index (χ3n) is 2.98. The summed E-state index contributed by atoms with van der Waals surface area (Å²) in [4.78, 5) is 11.7. The second-order valence-corrected chi connectivity index (χ2v) is 6.34. The van der Waals surface area contributed by atoms with E-state index in [1.54, 1.807) is 12.1 Å². The molecule has 98 valence electrons. The number of carbonyl (C=O) groups is 1. The van der Waals surface area contributed by atoms with Gasteiger partial charge in [-0.3, -0.25) is 4.79 Å². The van der Waals surface area contributed by atoms with E-state index >= 15 is 0 Å². The number of nitrogen functional groups attached to an aromatic ring is 1. The van der Waals surface area contributed by atoms with Gasteiger partial charge in [0.2, 0.25) is 10.0 Å². The maximum absolute atomic E-state index is 12.3. The van der Waals surface area contributed by atoms with Gasteiger partial charge in [0, 0.05) is 18.7 Å². The second-order valence-electron chi connectivity index (χ2n) is 4.40. The molecule has 0 unspecified atom stereocenters. The van der Waals surface area contributed by atoms with Crippen LogP contribution in [0.1, 0.15) is 19.3 Å². The van der Waals surface area contributed by atoms with E-state index in [2.05, 4.69) is 0 Å². The second kappa shape index (κ2) is 5.07. The Balaban J connectivity index is 2.29. The number of rotatable bonds is 2. The van der Waals surface area contributed by atoms with E-state index in [1.807, 2.05) is 0 Å². The van der Waals surface area contributed by atoms with Crippen molar-refractivity contribution in [2.45, 2.75) is 24.2 Å². The molecule has 1 aromatic rings. The molecule has 0 spiro atoms. The van der Waals surface area contributed by atoms with Crippen molar-refractivity contribution in [2.24, 2.45) is 0 Å². The number of hydrogen-bond donors (Lipinski definition) is 1. The summed E-state index contributed by atoms with van der Waals surface area (Å²) in [5, 5.41) is 0. The monoisotopic (exact) mass is 268 g/mol. The first-order chi connectivity index (χ1) is 8.50. The highest BCUT2D eigenvalue weighted by Crippen LogP contribution is 2.20. The molecule has 0 amide bonds. The first-order valence-corrected chi connectivity index (χ1v) is 7.31. The molecule has 0 radical (unpaired) electrons. The predicted molar refractivity (Wildman–Crippen MR) is 68.5 cm³/mol. The van der Waals surface area contributed by atoms with Gasteiger partial charge in [-0.1, -0.05) is 0 Å². The van der Waals surface area contributed by atoms with Gasteiger partial charge in [-0.2, -0.15) is 4.31 Å². The van der Waals surface area contributed by atoms with Crippen molar-refractivity contribution in [2.75, 3.05) is 18.8 Å². The summed E-state index contributed by atoms with van der Waals surface area (Å²) in [6, 6.07) is 6.04. The number of ketones is 1. The van der Waals surface area contributed by atoms with Crippen LogP contribution in [0.4, 0.5) is 5.69 Å². The van der Waals surface area contributed by atoms with Crippen LogP contribution in [0, 0.1) is 0 Å². The molecule has 0 atom stereocenters. The van der Waals surface area contributed by atoms with Gasteiger partial charge in [0.15, 0.2) is 0 Å². The lowest BCUT2D eigenvalue weighted by Crippen LogP contribution is -2.34. The third-order valence-corrected chi connectivity index (χ3v) is 4.84. The normalized spacial score (nSPS) is 18.6. The van der Waals surface area contributed by atoms with Gasteiger partial charge in [0.05, 0.1) is 11.4 Å². The minimum absolute atomic E-state index is 0.0211. The van der Waals surface area contributed by atoms with Crippen molar-refractivity contribution < 1.29 is 13.2 Å². The number of sulfonamides is 1. The van der Waals surface area contributed by atoms with Crippen LogP contribution in [0.5, 0.6) is 0 Å². The Bertz CT molecular complexity index is 537. The van der Waals surface area contributed by atoms with Gasteiger partial charge in [-0.15, -0.1) is 0 Å². The molecule has 2 rings (SSSR count). The molecule has 1 aromatic carbocycles. The number of carbonyl (C=O) groups excluding carboxylic acids is 1. The fourth-order valence-corrected chi connectivity index (χ4v) is 3.42. The smallest absolute Gasteiger partial charge is 0.243 e. The quantitative estimate of drug-likeness (QED) is 0.812. The third kappa shape index (κ3) is 2.70. The Morgan fingerprint density at radius 2 is 1.78 bits per heavy atom. The van der Waals surface area contributed by atoms with Crippen LogP contribution in [0.25, 0.3) is 0 Å². The molecule has 0 aromatic heterocycles. The zero-order chi connectivity index (χ0) is 13.2. The van der Waals surface area contributed by atoms with Gasteiger partial charge < -0.3 is 5.73 Å². The Labute approximate surface area is 107 Å². The molecule has 1 fully saturated rings. The van der Waals surface area contributed by atoms with Crippen LogP contribution in [0.2, 0.25) is 0 Å². The molecular formula is C12H16N2O3S. The Hall–Kier alpha value is -1.40. The van der Waals surface area contributed by atoms with Gasteiger partial charge in [-0.25, -0.2) is 8.42 Å². The predicted octanol–water partition coefficient (Wildman–Crippen LogP) is 1.01. The molecule has 1 heterocycles. The first-order valence-electron chi connectivity index (χ1n) is 5.87. The van der Waals surface area contributed by atoms with E-state index in [0.717, 1.165) is 12.8 Å². The Kier molecular flexibility index (Phi) is 3.68. The summed E-state index contributed by atoms with van der Waals surface area (Å²) >= 11 is 0. The highest BCUT2D eigenvalue weighted by molar-refractivity contribution is 7.89. The van der Waals surface area contributed by atoms with Crippen LogP contribution in [-0.2, 0) is 14.8 Å². The Morgan fingerprint density at radius 3 is 2.44 bits per heavy atom. The lowest BCUT2D eigenvalue weighted by Gasteiger charge is -2.19. The highest BCUT2D eigenvalue weighted by atomic mass is 32.2. The van der Waals surface area contributed by atoms with E-state index in [-0.39, 0.29) is 17.2 Å². The molecule has 0 bridgehead atoms. The number of benzene rings is 1. The number of anilines is 1. The van der Waals surface area contributed by atoms with Crippen molar-refractivity contribution in [1.82, 2.24) is 4.31 Å². The van der Waals surface area contributed by atoms with Crippen molar-refractivity contribution in [1.29, 1.82) is 0 Å². The zero-order valence-electron chi connectivity index (χ0n) is 10.0. The van der Waals surface area contributed by atoms with Crippen LogP contribution in [0.3, 0.4) is 0 Å². The largest absolute Gasteiger partial charge is 0.399 e. The summed E-state index contributed by atoms with van der Waals surface area (Å²) in [7, 11) is -3.58. The van der Waals surface area contributed by atoms with Crippen molar-refractivity contribution in [3.05, 3.63) is 24.3 Å². The first kappa shape index (κ1) is 13.0.